The first-order valence-electron chi connectivity index (χ1n) is 4.92. The Hall–Kier alpha value is -1.84. The number of carbonyl (C=O) groups excluding carboxylic acids is 1. The Morgan fingerprint density at radius 3 is 3.20 bits per heavy atom. The van der Waals surface area contributed by atoms with Crippen LogP contribution in [0.1, 0.15) is 23.8 Å². The highest BCUT2D eigenvalue weighted by atomic mass is 16.5. The van der Waals surface area contributed by atoms with Gasteiger partial charge in [-0.2, -0.15) is 0 Å². The van der Waals surface area contributed by atoms with Gasteiger partial charge in [-0.3, -0.25) is 4.40 Å². The van der Waals surface area contributed by atoms with Crippen LogP contribution in [0.25, 0.3) is 5.65 Å². The van der Waals surface area contributed by atoms with Crippen LogP contribution in [0, 0.1) is 0 Å². The molecule has 0 unspecified atom stereocenters. The van der Waals surface area contributed by atoms with Gasteiger partial charge in [0.15, 0.2) is 5.69 Å². The molecule has 78 valence electrons. The van der Waals surface area contributed by atoms with E-state index in [4.69, 9.17) is 4.74 Å². The van der Waals surface area contributed by atoms with Crippen molar-refractivity contribution in [3.8, 4) is 0 Å². The van der Waals surface area contributed by atoms with E-state index < -0.39 is 0 Å². The highest BCUT2D eigenvalue weighted by molar-refractivity contribution is 5.88. The average Bonchev–Trinajstić information content (AvgIpc) is 2.69. The van der Waals surface area contributed by atoms with Crippen molar-refractivity contribution in [2.45, 2.75) is 13.3 Å². The number of pyridine rings is 1. The van der Waals surface area contributed by atoms with E-state index in [9.17, 15) is 4.79 Å². The predicted octanol–water partition coefficient (Wildman–Crippen LogP) is 1.90. The minimum absolute atomic E-state index is 0.324. The average molecular weight is 204 g/mol. The number of imidazole rings is 1. The lowest BCUT2D eigenvalue weighted by Crippen LogP contribution is -2.08. The molecule has 0 aliphatic heterocycles. The zero-order chi connectivity index (χ0) is 10.7. The van der Waals surface area contributed by atoms with Gasteiger partial charge < -0.3 is 4.74 Å². The Balaban J connectivity index is 2.31. The number of aromatic nitrogens is 2. The summed E-state index contributed by atoms with van der Waals surface area (Å²) in [4.78, 5) is 15.7. The van der Waals surface area contributed by atoms with Crippen LogP contribution in [0.2, 0.25) is 0 Å². The highest BCUT2D eigenvalue weighted by Gasteiger charge is 2.12. The van der Waals surface area contributed by atoms with Gasteiger partial charge >= 0.3 is 5.97 Å². The van der Waals surface area contributed by atoms with E-state index in [2.05, 4.69) is 4.98 Å². The molecule has 0 bridgehead atoms. The maximum absolute atomic E-state index is 11.6. The van der Waals surface area contributed by atoms with Crippen molar-refractivity contribution in [2.75, 3.05) is 6.61 Å². The van der Waals surface area contributed by atoms with Crippen LogP contribution in [0.3, 0.4) is 0 Å². The Bertz CT molecular complexity index is 476. The van der Waals surface area contributed by atoms with Crippen LogP contribution in [-0.2, 0) is 4.74 Å². The second kappa shape index (κ2) is 4.13. The molecule has 0 saturated heterocycles. The van der Waals surface area contributed by atoms with E-state index in [-0.39, 0.29) is 5.97 Å². The van der Waals surface area contributed by atoms with Crippen LogP contribution in [0.4, 0.5) is 0 Å². The van der Waals surface area contributed by atoms with E-state index in [1.165, 1.54) is 6.20 Å². The summed E-state index contributed by atoms with van der Waals surface area (Å²) in [5, 5.41) is 0. The number of carbonyl (C=O) groups is 1. The molecule has 0 aliphatic carbocycles. The zero-order valence-corrected chi connectivity index (χ0v) is 8.51. The van der Waals surface area contributed by atoms with Crippen molar-refractivity contribution in [1.82, 2.24) is 9.38 Å². The Morgan fingerprint density at radius 1 is 1.53 bits per heavy atom. The van der Waals surface area contributed by atoms with Gasteiger partial charge in [0.1, 0.15) is 5.65 Å². The lowest BCUT2D eigenvalue weighted by atomic mass is 10.4. The fraction of sp³-hybridized carbons (Fsp3) is 0.273. The van der Waals surface area contributed by atoms with E-state index in [1.54, 1.807) is 10.6 Å². The van der Waals surface area contributed by atoms with E-state index in [0.717, 1.165) is 12.1 Å². The van der Waals surface area contributed by atoms with Gasteiger partial charge in [0.25, 0.3) is 0 Å². The molecule has 0 radical (unpaired) electrons. The third kappa shape index (κ3) is 1.83. The molecule has 0 aromatic carbocycles. The second-order valence-corrected chi connectivity index (χ2v) is 3.21. The standard InChI is InChI=1S/C11H12N2O2/c1-2-7-15-11(14)9-8-12-10-5-3-4-6-13(9)10/h3-6,8H,2,7H2,1H3. The molecule has 2 heterocycles. The number of fused-ring (bicyclic) bond motifs is 1. The summed E-state index contributed by atoms with van der Waals surface area (Å²) < 4.78 is 6.76. The van der Waals surface area contributed by atoms with Gasteiger partial charge in [0.2, 0.25) is 0 Å². The van der Waals surface area contributed by atoms with Gasteiger partial charge in [0.05, 0.1) is 12.8 Å². The summed E-state index contributed by atoms with van der Waals surface area (Å²) in [6, 6.07) is 5.57. The molecule has 0 amide bonds. The molecular formula is C11H12N2O2. The molecule has 2 aromatic heterocycles. The molecule has 4 nitrogen and oxygen atoms in total. The lowest BCUT2D eigenvalue weighted by Gasteiger charge is -2.02. The normalized spacial score (nSPS) is 10.5. The Labute approximate surface area is 87.5 Å². The maximum atomic E-state index is 11.6. The quantitative estimate of drug-likeness (QED) is 0.717. The highest BCUT2D eigenvalue weighted by Crippen LogP contribution is 2.07. The Kier molecular flexibility index (Phi) is 2.67. The van der Waals surface area contributed by atoms with Crippen LogP contribution < -0.4 is 0 Å². The first kappa shape index (κ1) is 9.71. The summed E-state index contributed by atoms with van der Waals surface area (Å²) >= 11 is 0. The topological polar surface area (TPSA) is 43.6 Å². The molecule has 2 rings (SSSR count). The number of hydrogen-bond donors (Lipinski definition) is 0. The van der Waals surface area contributed by atoms with Crippen molar-refractivity contribution in [3.63, 3.8) is 0 Å². The molecule has 0 aliphatic rings. The monoisotopic (exact) mass is 204 g/mol. The SMILES string of the molecule is CCCOC(=O)c1cnc2ccccn12. The fourth-order valence-corrected chi connectivity index (χ4v) is 1.35. The lowest BCUT2D eigenvalue weighted by molar-refractivity contribution is 0.0497. The largest absolute Gasteiger partial charge is 0.461 e. The number of ether oxygens (including phenoxy) is 1. The number of rotatable bonds is 3. The van der Waals surface area contributed by atoms with Crippen molar-refractivity contribution in [2.24, 2.45) is 0 Å². The van der Waals surface area contributed by atoms with Crippen molar-refractivity contribution < 1.29 is 9.53 Å². The minimum Gasteiger partial charge on any atom is -0.461 e. The van der Waals surface area contributed by atoms with Gasteiger partial charge in [-0.15, -0.1) is 0 Å². The van der Waals surface area contributed by atoms with Gasteiger partial charge in [-0.25, -0.2) is 9.78 Å². The molecule has 4 heteroatoms. The predicted molar refractivity (Wildman–Crippen MR) is 55.8 cm³/mol. The fourth-order valence-electron chi connectivity index (χ4n) is 1.35. The first-order valence-corrected chi connectivity index (χ1v) is 4.92. The molecular weight excluding hydrogens is 192 g/mol. The first-order chi connectivity index (χ1) is 7.33. The molecule has 2 aromatic rings. The summed E-state index contributed by atoms with van der Waals surface area (Å²) in [6.07, 6.45) is 4.15. The Morgan fingerprint density at radius 2 is 2.40 bits per heavy atom. The number of nitrogens with zero attached hydrogens (tertiary/aromatic N) is 2. The van der Waals surface area contributed by atoms with E-state index >= 15 is 0 Å². The zero-order valence-electron chi connectivity index (χ0n) is 8.51. The molecule has 0 atom stereocenters. The summed E-state index contributed by atoms with van der Waals surface area (Å²) in [5.41, 5.74) is 1.22. The molecule has 0 saturated carbocycles. The molecule has 0 fully saturated rings. The van der Waals surface area contributed by atoms with Crippen LogP contribution in [0.5, 0.6) is 0 Å². The van der Waals surface area contributed by atoms with Crippen molar-refractivity contribution in [3.05, 3.63) is 36.3 Å². The van der Waals surface area contributed by atoms with Crippen LogP contribution >= 0.6 is 0 Å². The van der Waals surface area contributed by atoms with Gasteiger partial charge in [-0.1, -0.05) is 13.0 Å². The smallest absolute Gasteiger partial charge is 0.356 e. The van der Waals surface area contributed by atoms with Gasteiger partial charge in [-0.05, 0) is 18.6 Å². The third-order valence-electron chi connectivity index (χ3n) is 2.06. The van der Waals surface area contributed by atoms with Crippen molar-refractivity contribution >= 4 is 11.6 Å². The molecule has 15 heavy (non-hydrogen) atoms. The minimum atomic E-state index is -0.324. The van der Waals surface area contributed by atoms with E-state index in [0.29, 0.717) is 12.3 Å². The number of esters is 1. The van der Waals surface area contributed by atoms with Crippen molar-refractivity contribution in [1.29, 1.82) is 0 Å². The van der Waals surface area contributed by atoms with Gasteiger partial charge in [0, 0.05) is 6.20 Å². The van der Waals surface area contributed by atoms with Crippen LogP contribution in [-0.4, -0.2) is 22.0 Å². The maximum Gasteiger partial charge on any atom is 0.356 e. The summed E-state index contributed by atoms with van der Waals surface area (Å²) in [5.74, 6) is -0.324. The summed E-state index contributed by atoms with van der Waals surface area (Å²) in [6.45, 7) is 2.40. The third-order valence-corrected chi connectivity index (χ3v) is 2.06. The number of hydrogen-bond acceptors (Lipinski definition) is 3. The second-order valence-electron chi connectivity index (χ2n) is 3.21. The van der Waals surface area contributed by atoms with E-state index in [1.807, 2.05) is 25.1 Å². The summed E-state index contributed by atoms with van der Waals surface area (Å²) in [7, 11) is 0. The molecule has 0 spiro atoms. The van der Waals surface area contributed by atoms with Crippen LogP contribution in [0.15, 0.2) is 30.6 Å². The molecule has 0 N–H and O–H groups in total.